The minimum absolute atomic E-state index is 0.0679. The third-order valence-corrected chi connectivity index (χ3v) is 7.64. The third kappa shape index (κ3) is 7.45. The van der Waals surface area contributed by atoms with E-state index in [4.69, 9.17) is 14.6 Å². The number of aromatic carboxylic acids is 1. The number of hydrogen-bond acceptors (Lipinski definition) is 8. The summed E-state index contributed by atoms with van der Waals surface area (Å²) >= 11 is 1.31. The number of aliphatic carboxylic acids is 1. The highest BCUT2D eigenvalue weighted by molar-refractivity contribution is 7.99. The van der Waals surface area contributed by atoms with E-state index in [1.54, 1.807) is 36.5 Å². The third-order valence-electron chi connectivity index (χ3n) is 6.54. The van der Waals surface area contributed by atoms with Crippen LogP contribution in [0.1, 0.15) is 59.2 Å². The summed E-state index contributed by atoms with van der Waals surface area (Å²) in [6.07, 6.45) is -0.249. The molecule has 3 aromatic rings. The molecule has 4 unspecified atom stereocenters. The molecule has 10 nitrogen and oxygen atoms in total. The second-order valence-electron chi connectivity index (χ2n) is 9.36. The number of carbonyl (C=O) groups excluding carboxylic acids is 1. The SMILES string of the molecule is CC1C(CSc2ncccc2C(=O)O)OC(c2ccc(NC(=O)CCC(=O)O)cc2)OC1c1ccc(CO)cc1. The fourth-order valence-electron chi connectivity index (χ4n) is 4.31. The molecule has 11 heteroatoms. The van der Waals surface area contributed by atoms with Gasteiger partial charge in [-0.3, -0.25) is 9.59 Å². The van der Waals surface area contributed by atoms with E-state index in [-0.39, 0.29) is 43.1 Å². The molecule has 4 rings (SSSR count). The maximum absolute atomic E-state index is 12.0. The van der Waals surface area contributed by atoms with Crippen LogP contribution in [0.2, 0.25) is 0 Å². The summed E-state index contributed by atoms with van der Waals surface area (Å²) in [7, 11) is 0. The van der Waals surface area contributed by atoms with E-state index in [1.807, 2.05) is 31.2 Å². The monoisotopic (exact) mass is 566 g/mol. The molecule has 2 aromatic carbocycles. The van der Waals surface area contributed by atoms with Crippen LogP contribution in [-0.4, -0.2) is 50.0 Å². The van der Waals surface area contributed by atoms with Gasteiger partial charge in [-0.1, -0.05) is 43.3 Å². The molecule has 1 amide bonds. The van der Waals surface area contributed by atoms with Crippen molar-refractivity contribution in [2.24, 2.45) is 5.92 Å². The number of amides is 1. The van der Waals surface area contributed by atoms with E-state index < -0.39 is 24.1 Å². The van der Waals surface area contributed by atoms with Gasteiger partial charge in [0.1, 0.15) is 5.03 Å². The van der Waals surface area contributed by atoms with Gasteiger partial charge in [0.2, 0.25) is 5.91 Å². The number of carbonyl (C=O) groups is 3. The van der Waals surface area contributed by atoms with Gasteiger partial charge in [0.25, 0.3) is 0 Å². The Morgan fingerprint density at radius 3 is 2.30 bits per heavy atom. The zero-order valence-corrected chi connectivity index (χ0v) is 22.5. The lowest BCUT2D eigenvalue weighted by atomic mass is 9.91. The Morgan fingerprint density at radius 1 is 0.950 bits per heavy atom. The summed E-state index contributed by atoms with van der Waals surface area (Å²) in [5.41, 5.74) is 3.05. The summed E-state index contributed by atoms with van der Waals surface area (Å²) in [5, 5.41) is 30.8. The largest absolute Gasteiger partial charge is 0.481 e. The van der Waals surface area contributed by atoms with Crippen molar-refractivity contribution < 1.29 is 39.2 Å². The zero-order chi connectivity index (χ0) is 28.6. The quantitative estimate of drug-likeness (QED) is 0.241. The maximum Gasteiger partial charge on any atom is 0.338 e. The zero-order valence-electron chi connectivity index (χ0n) is 21.7. The van der Waals surface area contributed by atoms with E-state index in [9.17, 15) is 24.6 Å². The minimum atomic E-state index is -1.05. The van der Waals surface area contributed by atoms with Crippen molar-refractivity contribution in [3.63, 3.8) is 0 Å². The number of anilines is 1. The number of benzene rings is 2. The van der Waals surface area contributed by atoms with Crippen molar-refractivity contribution in [2.45, 2.75) is 49.9 Å². The molecule has 0 saturated carbocycles. The highest BCUT2D eigenvalue weighted by atomic mass is 32.2. The first-order chi connectivity index (χ1) is 19.2. The van der Waals surface area contributed by atoms with Gasteiger partial charge >= 0.3 is 11.9 Å². The predicted molar refractivity (Wildman–Crippen MR) is 147 cm³/mol. The number of rotatable bonds is 11. The van der Waals surface area contributed by atoms with Crippen molar-refractivity contribution in [3.8, 4) is 0 Å². The number of ether oxygens (including phenoxy) is 2. The molecule has 210 valence electrons. The van der Waals surface area contributed by atoms with Gasteiger partial charge in [0, 0.05) is 35.5 Å². The average molecular weight is 567 g/mol. The molecule has 1 aromatic heterocycles. The number of aromatic nitrogens is 1. The summed E-state index contributed by atoms with van der Waals surface area (Å²) < 4.78 is 12.8. The Bertz CT molecular complexity index is 1330. The van der Waals surface area contributed by atoms with E-state index in [0.717, 1.165) is 11.1 Å². The first-order valence-corrected chi connectivity index (χ1v) is 13.7. The summed E-state index contributed by atoms with van der Waals surface area (Å²) in [4.78, 5) is 38.6. The number of nitrogens with one attached hydrogen (secondary N) is 1. The number of pyridine rings is 1. The van der Waals surface area contributed by atoms with E-state index in [1.165, 1.54) is 17.8 Å². The number of thioether (sulfide) groups is 1. The van der Waals surface area contributed by atoms with Crippen molar-refractivity contribution >= 4 is 35.3 Å². The van der Waals surface area contributed by atoms with Crippen LogP contribution in [0.25, 0.3) is 0 Å². The van der Waals surface area contributed by atoms with E-state index >= 15 is 0 Å². The Balaban J connectivity index is 1.54. The van der Waals surface area contributed by atoms with Gasteiger partial charge in [-0.05, 0) is 35.4 Å². The number of aliphatic hydroxyl groups excluding tert-OH is 1. The molecule has 2 heterocycles. The molecule has 1 saturated heterocycles. The molecule has 1 aliphatic heterocycles. The number of carboxylic acids is 2. The molecule has 40 heavy (non-hydrogen) atoms. The number of nitrogens with zero attached hydrogens (tertiary/aromatic N) is 1. The predicted octanol–water partition coefficient (Wildman–Crippen LogP) is 4.66. The highest BCUT2D eigenvalue weighted by Crippen LogP contribution is 2.43. The van der Waals surface area contributed by atoms with Gasteiger partial charge in [-0.15, -0.1) is 11.8 Å². The lowest BCUT2D eigenvalue weighted by Crippen LogP contribution is -2.38. The summed E-state index contributed by atoms with van der Waals surface area (Å²) in [6.45, 7) is 1.94. The smallest absolute Gasteiger partial charge is 0.338 e. The fraction of sp³-hybridized carbons (Fsp3) is 0.310. The van der Waals surface area contributed by atoms with Crippen molar-refractivity contribution in [1.82, 2.24) is 4.98 Å². The van der Waals surface area contributed by atoms with E-state index in [0.29, 0.717) is 22.0 Å². The molecular weight excluding hydrogens is 536 g/mol. The molecule has 1 aliphatic rings. The normalized spacial score (nSPS) is 20.6. The fourth-order valence-corrected chi connectivity index (χ4v) is 5.46. The highest BCUT2D eigenvalue weighted by Gasteiger charge is 2.38. The van der Waals surface area contributed by atoms with Gasteiger partial charge in [-0.25, -0.2) is 9.78 Å². The maximum atomic E-state index is 12.0. The first kappa shape index (κ1) is 29.2. The van der Waals surface area contributed by atoms with Crippen LogP contribution in [0, 0.1) is 5.92 Å². The first-order valence-electron chi connectivity index (χ1n) is 12.7. The van der Waals surface area contributed by atoms with Crippen LogP contribution in [0.4, 0.5) is 5.69 Å². The molecule has 4 N–H and O–H groups in total. The summed E-state index contributed by atoms with van der Waals surface area (Å²) in [6, 6.07) is 17.5. The molecule has 4 atom stereocenters. The Kier molecular flexibility index (Phi) is 9.88. The topological polar surface area (TPSA) is 155 Å². The van der Waals surface area contributed by atoms with Gasteiger partial charge in [0.15, 0.2) is 6.29 Å². The minimum Gasteiger partial charge on any atom is -0.481 e. The Morgan fingerprint density at radius 2 is 1.65 bits per heavy atom. The van der Waals surface area contributed by atoms with Crippen LogP contribution in [0.3, 0.4) is 0 Å². The van der Waals surface area contributed by atoms with Crippen LogP contribution in [0.15, 0.2) is 71.9 Å². The van der Waals surface area contributed by atoms with Crippen LogP contribution < -0.4 is 5.32 Å². The van der Waals surface area contributed by atoms with Crippen LogP contribution in [-0.2, 0) is 25.7 Å². The summed E-state index contributed by atoms with van der Waals surface area (Å²) in [5.74, 6) is -2.16. The van der Waals surface area contributed by atoms with Crippen molar-refractivity contribution in [1.29, 1.82) is 0 Å². The molecule has 1 fully saturated rings. The average Bonchev–Trinajstić information content (AvgIpc) is 2.96. The molecule has 0 radical (unpaired) electrons. The van der Waals surface area contributed by atoms with Gasteiger partial charge in [0.05, 0.1) is 30.8 Å². The van der Waals surface area contributed by atoms with Crippen LogP contribution in [0.5, 0.6) is 0 Å². The van der Waals surface area contributed by atoms with Crippen LogP contribution >= 0.6 is 11.8 Å². The Labute approximate surface area is 235 Å². The van der Waals surface area contributed by atoms with Crippen molar-refractivity contribution in [3.05, 3.63) is 89.1 Å². The molecule has 0 spiro atoms. The molecular formula is C29H30N2O8S. The van der Waals surface area contributed by atoms with E-state index in [2.05, 4.69) is 10.3 Å². The number of aliphatic hydroxyl groups is 1. The standard InChI is InChI=1S/C29H30N2O8S/c1-17-23(16-40-27-22(28(36)37)3-2-14-30-27)38-29(39-26(17)19-6-4-18(15-32)5-7-19)20-8-10-21(11-9-20)31-24(33)12-13-25(34)35/h2-11,14,17,23,26,29,32H,12-13,15-16H2,1H3,(H,31,33)(H,34,35)(H,36,37). The van der Waals surface area contributed by atoms with Crippen molar-refractivity contribution in [2.75, 3.05) is 11.1 Å². The Hall–Kier alpha value is -3.77. The lowest BCUT2D eigenvalue weighted by Gasteiger charge is -2.41. The second kappa shape index (κ2) is 13.5. The van der Waals surface area contributed by atoms with Gasteiger partial charge < -0.3 is 30.1 Å². The second-order valence-corrected chi connectivity index (χ2v) is 10.4. The number of hydrogen-bond donors (Lipinski definition) is 4. The van der Waals surface area contributed by atoms with Gasteiger partial charge in [-0.2, -0.15) is 0 Å². The number of carboxylic acid groups (broad SMARTS) is 2. The lowest BCUT2D eigenvalue weighted by molar-refractivity contribution is -0.268. The molecule has 0 aliphatic carbocycles. The molecule has 0 bridgehead atoms.